The van der Waals surface area contributed by atoms with Gasteiger partial charge < -0.3 is 15.2 Å². The number of rotatable bonds is 6. The van der Waals surface area contributed by atoms with Crippen molar-refractivity contribution in [2.24, 2.45) is 11.3 Å². The lowest BCUT2D eigenvalue weighted by Gasteiger charge is -2.34. The van der Waals surface area contributed by atoms with Crippen molar-refractivity contribution in [2.75, 3.05) is 13.7 Å². The van der Waals surface area contributed by atoms with E-state index in [1.54, 1.807) is 7.11 Å². The maximum absolute atomic E-state index is 12.0. The van der Waals surface area contributed by atoms with Crippen LogP contribution >= 0.6 is 0 Å². The predicted octanol–water partition coefficient (Wildman–Crippen LogP) is 0.782. The quantitative estimate of drug-likeness (QED) is 0.720. The van der Waals surface area contributed by atoms with Crippen LogP contribution < -0.4 is 5.32 Å². The van der Waals surface area contributed by atoms with Crippen molar-refractivity contribution < 1.29 is 19.4 Å². The molecule has 0 aromatic heterocycles. The van der Waals surface area contributed by atoms with Crippen molar-refractivity contribution in [1.29, 1.82) is 0 Å². The Kier molecular flexibility index (Phi) is 3.38. The van der Waals surface area contributed by atoms with Crippen molar-refractivity contribution in [2.45, 2.75) is 38.1 Å². The van der Waals surface area contributed by atoms with Gasteiger partial charge in [-0.3, -0.25) is 9.59 Å². The predicted molar refractivity (Wildman–Crippen MR) is 60.5 cm³/mol. The lowest BCUT2D eigenvalue weighted by molar-refractivity contribution is -0.146. The van der Waals surface area contributed by atoms with Gasteiger partial charge in [-0.1, -0.05) is 0 Å². The number of ether oxygens (including phenoxy) is 1. The molecule has 2 saturated carbocycles. The third-order valence-corrected chi connectivity index (χ3v) is 3.94. The molecule has 5 nitrogen and oxygen atoms in total. The summed E-state index contributed by atoms with van der Waals surface area (Å²) < 4.78 is 5.00. The van der Waals surface area contributed by atoms with Crippen molar-refractivity contribution in [3.63, 3.8) is 0 Å². The largest absolute Gasteiger partial charge is 0.481 e. The monoisotopic (exact) mass is 241 g/mol. The Morgan fingerprint density at radius 1 is 1.41 bits per heavy atom. The van der Waals surface area contributed by atoms with Gasteiger partial charge in [0.15, 0.2) is 0 Å². The summed E-state index contributed by atoms with van der Waals surface area (Å²) in [4.78, 5) is 22.6. The average Bonchev–Trinajstić information content (AvgIpc) is 3.00. The molecule has 5 heteroatoms. The molecule has 2 N–H and O–H groups in total. The van der Waals surface area contributed by atoms with Crippen LogP contribution in [0.2, 0.25) is 0 Å². The third kappa shape index (κ3) is 2.60. The van der Waals surface area contributed by atoms with Gasteiger partial charge in [-0.05, 0) is 32.1 Å². The Morgan fingerprint density at radius 3 is 2.53 bits per heavy atom. The summed E-state index contributed by atoms with van der Waals surface area (Å²) >= 11 is 0. The van der Waals surface area contributed by atoms with Gasteiger partial charge in [0.1, 0.15) is 0 Å². The van der Waals surface area contributed by atoms with E-state index in [-0.39, 0.29) is 23.3 Å². The molecule has 0 heterocycles. The van der Waals surface area contributed by atoms with E-state index in [4.69, 9.17) is 9.84 Å². The smallest absolute Gasteiger partial charge is 0.306 e. The van der Waals surface area contributed by atoms with Crippen LogP contribution in [-0.2, 0) is 14.3 Å². The van der Waals surface area contributed by atoms with Crippen LogP contribution in [0.25, 0.3) is 0 Å². The first kappa shape index (κ1) is 12.4. The number of methoxy groups -OCH3 is 1. The van der Waals surface area contributed by atoms with Crippen LogP contribution in [0.3, 0.4) is 0 Å². The highest BCUT2D eigenvalue weighted by molar-refractivity contribution is 5.85. The second-order valence-corrected chi connectivity index (χ2v) is 5.20. The van der Waals surface area contributed by atoms with Crippen LogP contribution in [0.5, 0.6) is 0 Å². The molecule has 0 atom stereocenters. The fourth-order valence-electron chi connectivity index (χ4n) is 2.31. The van der Waals surface area contributed by atoms with E-state index in [0.717, 1.165) is 19.3 Å². The molecule has 17 heavy (non-hydrogen) atoms. The summed E-state index contributed by atoms with van der Waals surface area (Å²) in [6, 6.07) is 0.0589. The maximum atomic E-state index is 12.0. The zero-order chi connectivity index (χ0) is 12.5. The first-order valence-electron chi connectivity index (χ1n) is 6.10. The molecular weight excluding hydrogens is 222 g/mol. The fourth-order valence-corrected chi connectivity index (χ4v) is 2.31. The Balaban J connectivity index is 1.73. The van der Waals surface area contributed by atoms with Gasteiger partial charge in [0.05, 0.1) is 11.3 Å². The Bertz CT molecular complexity index is 318. The number of aliphatic carboxylic acids is 1. The maximum Gasteiger partial charge on any atom is 0.306 e. The number of carboxylic acid groups (broad SMARTS) is 1. The molecule has 0 aromatic carbocycles. The standard InChI is InChI=1S/C12H19NO4/c1-17-5-4-12(2-3-12)11(16)13-9-6-8(7-9)10(14)15/h8-9H,2-7H2,1H3,(H,13,16)(H,14,15). The van der Waals surface area contributed by atoms with Crippen molar-refractivity contribution in [3.8, 4) is 0 Å². The third-order valence-electron chi connectivity index (χ3n) is 3.94. The molecule has 2 aliphatic rings. The number of hydrogen-bond acceptors (Lipinski definition) is 3. The normalized spacial score (nSPS) is 29.2. The molecule has 0 aliphatic heterocycles. The molecule has 2 aliphatic carbocycles. The van der Waals surface area contributed by atoms with Gasteiger partial charge in [0, 0.05) is 19.8 Å². The topological polar surface area (TPSA) is 75.6 Å². The van der Waals surface area contributed by atoms with Gasteiger partial charge in [0.25, 0.3) is 0 Å². The summed E-state index contributed by atoms with van der Waals surface area (Å²) in [6.07, 6.45) is 3.77. The number of carbonyl (C=O) groups is 2. The number of carbonyl (C=O) groups excluding carboxylic acids is 1. The molecule has 96 valence electrons. The van der Waals surface area contributed by atoms with Crippen LogP contribution in [0, 0.1) is 11.3 Å². The molecule has 0 unspecified atom stereocenters. The van der Waals surface area contributed by atoms with Gasteiger partial charge >= 0.3 is 5.97 Å². The molecule has 0 radical (unpaired) electrons. The van der Waals surface area contributed by atoms with Crippen LogP contribution in [0.4, 0.5) is 0 Å². The van der Waals surface area contributed by atoms with Crippen LogP contribution in [0.15, 0.2) is 0 Å². The van der Waals surface area contributed by atoms with E-state index in [1.165, 1.54) is 0 Å². The van der Waals surface area contributed by atoms with Crippen molar-refractivity contribution in [3.05, 3.63) is 0 Å². The molecule has 0 spiro atoms. The highest BCUT2D eigenvalue weighted by Gasteiger charge is 2.50. The van der Waals surface area contributed by atoms with E-state index >= 15 is 0 Å². The summed E-state index contributed by atoms with van der Waals surface area (Å²) in [5.74, 6) is -0.936. The SMILES string of the molecule is COCCC1(C(=O)NC2CC(C(=O)O)C2)CC1. The minimum absolute atomic E-state index is 0.0589. The Labute approximate surface area is 101 Å². The van der Waals surface area contributed by atoms with Crippen molar-refractivity contribution >= 4 is 11.9 Å². The lowest BCUT2D eigenvalue weighted by atomic mass is 9.80. The second-order valence-electron chi connectivity index (χ2n) is 5.20. The van der Waals surface area contributed by atoms with Crippen LogP contribution in [-0.4, -0.2) is 36.7 Å². The molecule has 0 saturated heterocycles. The highest BCUT2D eigenvalue weighted by atomic mass is 16.5. The average molecular weight is 241 g/mol. The molecule has 2 rings (SSSR count). The first-order valence-corrected chi connectivity index (χ1v) is 6.10. The fraction of sp³-hybridized carbons (Fsp3) is 0.833. The van der Waals surface area contributed by atoms with Gasteiger partial charge in [-0.25, -0.2) is 0 Å². The number of hydrogen-bond donors (Lipinski definition) is 2. The van der Waals surface area contributed by atoms with Gasteiger partial charge in [-0.15, -0.1) is 0 Å². The Hall–Kier alpha value is -1.10. The van der Waals surface area contributed by atoms with Crippen LogP contribution in [0.1, 0.15) is 32.1 Å². The van der Waals surface area contributed by atoms with E-state index in [1.807, 2.05) is 0 Å². The molecule has 0 aromatic rings. The minimum atomic E-state index is -0.754. The van der Waals surface area contributed by atoms with Crippen molar-refractivity contribution in [1.82, 2.24) is 5.32 Å². The molecule has 1 amide bonds. The van der Waals surface area contributed by atoms with E-state index < -0.39 is 5.97 Å². The molecule has 2 fully saturated rings. The number of amides is 1. The zero-order valence-electron chi connectivity index (χ0n) is 10.1. The summed E-state index contributed by atoms with van der Waals surface area (Å²) in [5.41, 5.74) is -0.218. The van der Waals surface area contributed by atoms with E-state index in [0.29, 0.717) is 19.4 Å². The molecular formula is C12H19NO4. The minimum Gasteiger partial charge on any atom is -0.481 e. The second kappa shape index (κ2) is 4.64. The zero-order valence-corrected chi connectivity index (χ0v) is 10.1. The van der Waals surface area contributed by atoms with E-state index in [9.17, 15) is 9.59 Å². The van der Waals surface area contributed by atoms with Gasteiger partial charge in [-0.2, -0.15) is 0 Å². The highest BCUT2D eigenvalue weighted by Crippen LogP contribution is 2.49. The summed E-state index contributed by atoms with van der Waals surface area (Å²) in [7, 11) is 1.64. The molecule has 0 bridgehead atoms. The first-order chi connectivity index (χ1) is 8.07. The summed E-state index contributed by atoms with van der Waals surface area (Å²) in [6.45, 7) is 0.607. The lowest BCUT2D eigenvalue weighted by Crippen LogP contribution is -2.49. The summed E-state index contributed by atoms with van der Waals surface area (Å²) in [5, 5.41) is 11.7. The Morgan fingerprint density at radius 2 is 2.06 bits per heavy atom. The van der Waals surface area contributed by atoms with E-state index in [2.05, 4.69) is 5.32 Å². The number of carboxylic acids is 1. The number of nitrogens with one attached hydrogen (secondary N) is 1. The van der Waals surface area contributed by atoms with Gasteiger partial charge in [0.2, 0.25) is 5.91 Å².